The van der Waals surface area contributed by atoms with E-state index in [1.54, 1.807) is 0 Å². The molecule has 0 fully saturated rings. The summed E-state index contributed by atoms with van der Waals surface area (Å²) < 4.78 is 0. The first-order valence-electron chi connectivity index (χ1n) is 3.85. The topological polar surface area (TPSA) is 0 Å². The third-order valence-corrected chi connectivity index (χ3v) is 3.02. The van der Waals surface area contributed by atoms with Crippen molar-refractivity contribution in [2.45, 2.75) is 26.7 Å². The Bertz CT molecular complexity index is 55.6. The molecule has 0 bridgehead atoms. The van der Waals surface area contributed by atoms with Crippen molar-refractivity contribution in [3.8, 4) is 0 Å². The molecule has 0 saturated heterocycles. The average molecular weight is 148 g/mol. The zero-order chi connectivity index (χ0) is 7.28. The molecule has 0 saturated carbocycles. The van der Waals surface area contributed by atoms with Gasteiger partial charge >= 0.3 is 0 Å². The predicted molar refractivity (Wildman–Crippen MR) is 49.8 cm³/mol. The lowest BCUT2D eigenvalue weighted by molar-refractivity contribution is 0.553. The van der Waals surface area contributed by atoms with Crippen molar-refractivity contribution in [3.05, 3.63) is 0 Å². The van der Waals surface area contributed by atoms with Crippen LogP contribution in [0.2, 0.25) is 0 Å². The Morgan fingerprint density at radius 1 is 1.11 bits per heavy atom. The van der Waals surface area contributed by atoms with Gasteiger partial charge in [0.25, 0.3) is 0 Å². The molecule has 0 N–H and O–H groups in total. The van der Waals surface area contributed by atoms with E-state index in [1.165, 1.54) is 18.6 Å². The molecular formula is C8H20S. The molecule has 0 radical (unpaired) electrons. The van der Waals surface area contributed by atoms with Gasteiger partial charge < -0.3 is 0 Å². The SMILES string of the molecule is CCC(CC)C[SH](C)C. The highest BCUT2D eigenvalue weighted by atomic mass is 32.2. The second-order valence-corrected chi connectivity index (χ2v) is 5.47. The summed E-state index contributed by atoms with van der Waals surface area (Å²) in [5.74, 6) is 2.48. The summed E-state index contributed by atoms with van der Waals surface area (Å²) in [6.07, 6.45) is 7.48. The van der Waals surface area contributed by atoms with Crippen LogP contribution in [-0.4, -0.2) is 18.3 Å². The Labute approximate surface area is 62.4 Å². The number of hydrogen-bond acceptors (Lipinski definition) is 0. The van der Waals surface area contributed by atoms with Gasteiger partial charge in [0.15, 0.2) is 0 Å². The molecule has 0 amide bonds. The Hall–Kier alpha value is 0.350. The van der Waals surface area contributed by atoms with E-state index in [-0.39, 0.29) is 0 Å². The molecule has 0 atom stereocenters. The van der Waals surface area contributed by atoms with Gasteiger partial charge in [-0.15, -0.1) is 0 Å². The molecule has 58 valence electrons. The van der Waals surface area contributed by atoms with Crippen molar-refractivity contribution in [3.63, 3.8) is 0 Å². The summed E-state index contributed by atoms with van der Waals surface area (Å²) in [4.78, 5) is 0. The van der Waals surface area contributed by atoms with Crippen molar-refractivity contribution in [2.24, 2.45) is 5.92 Å². The summed E-state index contributed by atoms with van der Waals surface area (Å²) in [5.41, 5.74) is 0. The maximum absolute atomic E-state index is 2.37. The third kappa shape index (κ3) is 4.83. The minimum Gasteiger partial charge on any atom is -0.259 e. The van der Waals surface area contributed by atoms with Crippen LogP contribution in [0.25, 0.3) is 0 Å². The van der Waals surface area contributed by atoms with E-state index in [4.69, 9.17) is 0 Å². The lowest BCUT2D eigenvalue weighted by Gasteiger charge is -2.16. The van der Waals surface area contributed by atoms with E-state index in [0.29, 0.717) is 10.9 Å². The molecule has 0 aliphatic carbocycles. The van der Waals surface area contributed by atoms with E-state index in [9.17, 15) is 0 Å². The fourth-order valence-corrected chi connectivity index (χ4v) is 2.61. The zero-order valence-corrected chi connectivity index (χ0v) is 8.04. The fraction of sp³-hybridized carbons (Fsp3) is 1.00. The Kier molecular flexibility index (Phi) is 5.36. The van der Waals surface area contributed by atoms with Crippen LogP contribution in [0, 0.1) is 5.92 Å². The summed E-state index contributed by atoms with van der Waals surface area (Å²) in [6, 6.07) is 0. The first kappa shape index (κ1) is 9.35. The zero-order valence-electron chi connectivity index (χ0n) is 7.15. The van der Waals surface area contributed by atoms with Gasteiger partial charge in [0.2, 0.25) is 0 Å². The highest BCUT2D eigenvalue weighted by Gasteiger charge is 2.02. The van der Waals surface area contributed by atoms with E-state index < -0.39 is 0 Å². The van der Waals surface area contributed by atoms with Crippen molar-refractivity contribution in [1.82, 2.24) is 0 Å². The fourth-order valence-electron chi connectivity index (χ4n) is 1.06. The number of hydrogen-bond donors (Lipinski definition) is 1. The highest BCUT2D eigenvalue weighted by molar-refractivity contribution is 8.15. The maximum atomic E-state index is 2.37. The van der Waals surface area contributed by atoms with Crippen LogP contribution in [-0.2, 0) is 0 Å². The largest absolute Gasteiger partial charge is 0.259 e. The van der Waals surface area contributed by atoms with Gasteiger partial charge in [0.05, 0.1) is 0 Å². The van der Waals surface area contributed by atoms with Gasteiger partial charge in [-0.25, -0.2) is 0 Å². The molecule has 0 heterocycles. The second kappa shape index (κ2) is 5.16. The van der Waals surface area contributed by atoms with Crippen LogP contribution < -0.4 is 0 Å². The summed E-state index contributed by atoms with van der Waals surface area (Å²) in [6.45, 7) is 4.60. The molecule has 0 aliphatic heterocycles. The van der Waals surface area contributed by atoms with Crippen LogP contribution in [0.5, 0.6) is 0 Å². The van der Waals surface area contributed by atoms with Gasteiger partial charge in [0.1, 0.15) is 0 Å². The lowest BCUT2D eigenvalue weighted by atomic mass is 10.1. The van der Waals surface area contributed by atoms with E-state index in [2.05, 4.69) is 26.4 Å². The molecule has 1 heteroatoms. The molecule has 0 rings (SSSR count). The Morgan fingerprint density at radius 2 is 1.56 bits per heavy atom. The van der Waals surface area contributed by atoms with Crippen molar-refractivity contribution < 1.29 is 0 Å². The van der Waals surface area contributed by atoms with Crippen molar-refractivity contribution >= 4 is 10.9 Å². The monoisotopic (exact) mass is 148 g/mol. The van der Waals surface area contributed by atoms with Gasteiger partial charge in [-0.3, -0.25) is 10.9 Å². The molecule has 0 nitrogen and oxygen atoms in total. The van der Waals surface area contributed by atoms with Crippen molar-refractivity contribution in [1.29, 1.82) is 0 Å². The van der Waals surface area contributed by atoms with Gasteiger partial charge in [-0.05, 0) is 24.2 Å². The summed E-state index contributed by atoms with van der Waals surface area (Å²) in [7, 11) is 0.349. The van der Waals surface area contributed by atoms with E-state index in [1.807, 2.05) is 0 Å². The highest BCUT2D eigenvalue weighted by Crippen LogP contribution is 2.22. The number of thiol groups is 1. The van der Waals surface area contributed by atoms with Crippen LogP contribution >= 0.6 is 10.9 Å². The predicted octanol–water partition coefficient (Wildman–Crippen LogP) is 2.68. The molecule has 0 spiro atoms. The van der Waals surface area contributed by atoms with Gasteiger partial charge in [-0.1, -0.05) is 26.7 Å². The minimum absolute atomic E-state index is 0.349. The van der Waals surface area contributed by atoms with Crippen LogP contribution in [0.4, 0.5) is 0 Å². The van der Waals surface area contributed by atoms with Crippen molar-refractivity contribution in [2.75, 3.05) is 18.3 Å². The number of rotatable bonds is 4. The smallest absolute Gasteiger partial charge is 0.0229 e. The maximum Gasteiger partial charge on any atom is -0.0229 e. The molecule has 0 aromatic carbocycles. The Balaban J connectivity index is 3.31. The first-order valence-corrected chi connectivity index (χ1v) is 6.27. The molecule has 0 aromatic heterocycles. The summed E-state index contributed by atoms with van der Waals surface area (Å²) in [5, 5.41) is 0. The van der Waals surface area contributed by atoms with Gasteiger partial charge in [0, 0.05) is 0 Å². The quantitative estimate of drug-likeness (QED) is 0.582. The molecular weight excluding hydrogens is 128 g/mol. The summed E-state index contributed by atoms with van der Waals surface area (Å²) >= 11 is 0. The molecule has 0 aromatic rings. The van der Waals surface area contributed by atoms with E-state index in [0.717, 1.165) is 5.92 Å². The molecule has 0 aliphatic rings. The second-order valence-electron chi connectivity index (χ2n) is 2.94. The normalized spacial score (nSPS) is 12.3. The van der Waals surface area contributed by atoms with Crippen LogP contribution in [0.3, 0.4) is 0 Å². The minimum atomic E-state index is 0.349. The van der Waals surface area contributed by atoms with Crippen LogP contribution in [0.15, 0.2) is 0 Å². The third-order valence-electron chi connectivity index (χ3n) is 1.78. The van der Waals surface area contributed by atoms with Gasteiger partial charge in [-0.2, -0.15) is 0 Å². The van der Waals surface area contributed by atoms with Crippen LogP contribution in [0.1, 0.15) is 26.7 Å². The standard InChI is InChI=1S/C8H20S/c1-5-8(6-2)7-9(3)4/h8-9H,5-7H2,1-4H3. The lowest BCUT2D eigenvalue weighted by Crippen LogP contribution is -2.02. The first-order chi connectivity index (χ1) is 4.20. The van der Waals surface area contributed by atoms with E-state index >= 15 is 0 Å². The molecule has 0 unspecified atom stereocenters. The Morgan fingerprint density at radius 3 is 1.67 bits per heavy atom. The average Bonchev–Trinajstić information content (AvgIpc) is 1.82. The molecule has 9 heavy (non-hydrogen) atoms.